The Kier molecular flexibility index (Phi) is 4.24. The molecule has 1 fully saturated rings. The number of benzene rings is 1. The molecule has 2 heterocycles. The van der Waals surface area contributed by atoms with Crippen LogP contribution in [-0.2, 0) is 0 Å². The van der Waals surface area contributed by atoms with Crippen molar-refractivity contribution in [2.75, 3.05) is 6.54 Å². The van der Waals surface area contributed by atoms with E-state index in [4.69, 9.17) is 0 Å². The molecular formula is C17H19N3O. The van der Waals surface area contributed by atoms with E-state index in [-0.39, 0.29) is 11.9 Å². The van der Waals surface area contributed by atoms with Gasteiger partial charge < -0.3 is 4.90 Å². The predicted molar refractivity (Wildman–Crippen MR) is 80.7 cm³/mol. The molecule has 0 radical (unpaired) electrons. The molecule has 1 aromatic carbocycles. The minimum Gasteiger partial charge on any atom is -0.332 e. The van der Waals surface area contributed by atoms with Crippen LogP contribution in [0.4, 0.5) is 0 Å². The predicted octanol–water partition coefficient (Wildman–Crippen LogP) is 3.23. The first-order valence-corrected chi connectivity index (χ1v) is 7.49. The Bertz CT molecular complexity index is 585. The number of nitrogens with zero attached hydrogens (tertiary/aromatic N) is 3. The Hall–Kier alpha value is -2.23. The van der Waals surface area contributed by atoms with E-state index in [2.05, 4.69) is 22.3 Å². The van der Waals surface area contributed by atoms with Crippen molar-refractivity contribution in [2.45, 2.75) is 31.7 Å². The fourth-order valence-corrected chi connectivity index (χ4v) is 2.96. The van der Waals surface area contributed by atoms with Gasteiger partial charge in [-0.25, -0.2) is 0 Å². The van der Waals surface area contributed by atoms with Crippen LogP contribution in [0.2, 0.25) is 0 Å². The molecule has 2 aromatic rings. The summed E-state index contributed by atoms with van der Waals surface area (Å²) in [4.78, 5) is 14.8. The summed E-state index contributed by atoms with van der Waals surface area (Å²) < 4.78 is 0. The number of likely N-dealkylation sites (tertiary alicyclic amines) is 1. The molecule has 0 bridgehead atoms. The van der Waals surface area contributed by atoms with Crippen LogP contribution >= 0.6 is 0 Å². The summed E-state index contributed by atoms with van der Waals surface area (Å²) in [5.41, 5.74) is 1.84. The smallest absolute Gasteiger partial charge is 0.256 e. The number of aromatic nitrogens is 2. The van der Waals surface area contributed by atoms with Crippen LogP contribution in [0.15, 0.2) is 48.8 Å². The summed E-state index contributed by atoms with van der Waals surface area (Å²) in [5.74, 6) is 0.0562. The molecule has 1 aliphatic heterocycles. The lowest BCUT2D eigenvalue weighted by Crippen LogP contribution is -2.34. The number of hydrogen-bond donors (Lipinski definition) is 0. The van der Waals surface area contributed by atoms with Crippen molar-refractivity contribution in [3.8, 4) is 0 Å². The summed E-state index contributed by atoms with van der Waals surface area (Å²) in [6, 6.07) is 12.2. The average Bonchev–Trinajstić information content (AvgIpc) is 2.81. The third-order valence-corrected chi connectivity index (χ3v) is 4.03. The van der Waals surface area contributed by atoms with Gasteiger partial charge in [-0.2, -0.15) is 10.2 Å². The fraction of sp³-hybridized carbons (Fsp3) is 0.353. The number of carbonyl (C=O) groups is 1. The zero-order chi connectivity index (χ0) is 14.5. The highest BCUT2D eigenvalue weighted by Crippen LogP contribution is 2.31. The number of amides is 1. The first-order valence-electron chi connectivity index (χ1n) is 7.49. The second-order valence-corrected chi connectivity index (χ2v) is 5.41. The van der Waals surface area contributed by atoms with E-state index < -0.39 is 0 Å². The van der Waals surface area contributed by atoms with Crippen LogP contribution in [0.3, 0.4) is 0 Å². The van der Waals surface area contributed by atoms with Crippen molar-refractivity contribution in [1.29, 1.82) is 0 Å². The molecule has 4 heteroatoms. The van der Waals surface area contributed by atoms with Crippen LogP contribution in [0.1, 0.15) is 47.6 Å². The molecule has 1 atom stereocenters. The molecule has 108 valence electrons. The topological polar surface area (TPSA) is 46.1 Å². The van der Waals surface area contributed by atoms with E-state index in [0.29, 0.717) is 5.56 Å². The maximum absolute atomic E-state index is 12.8. The molecular weight excluding hydrogens is 262 g/mol. The van der Waals surface area contributed by atoms with Gasteiger partial charge in [-0.05, 0) is 24.5 Å². The summed E-state index contributed by atoms with van der Waals surface area (Å²) in [7, 11) is 0. The Labute approximate surface area is 124 Å². The molecule has 0 unspecified atom stereocenters. The van der Waals surface area contributed by atoms with Gasteiger partial charge in [0.15, 0.2) is 0 Å². The first-order chi connectivity index (χ1) is 10.4. The first kappa shape index (κ1) is 13.7. The molecule has 1 saturated heterocycles. The number of carbonyl (C=O) groups excluding carboxylic acids is 1. The maximum atomic E-state index is 12.8. The molecule has 3 rings (SSSR count). The highest BCUT2D eigenvalue weighted by atomic mass is 16.2. The summed E-state index contributed by atoms with van der Waals surface area (Å²) in [6.07, 6.45) is 7.55. The van der Waals surface area contributed by atoms with E-state index in [1.165, 1.54) is 12.0 Å². The average molecular weight is 281 g/mol. The second kappa shape index (κ2) is 6.48. The Balaban J connectivity index is 1.91. The molecule has 0 saturated carbocycles. The molecule has 1 amide bonds. The van der Waals surface area contributed by atoms with Gasteiger partial charge in [0.05, 0.1) is 24.0 Å². The lowest BCUT2D eigenvalue weighted by molar-refractivity contribution is 0.0680. The quantitative estimate of drug-likeness (QED) is 0.849. The molecule has 1 aromatic heterocycles. The Morgan fingerprint density at radius 3 is 2.67 bits per heavy atom. The van der Waals surface area contributed by atoms with Gasteiger partial charge in [-0.15, -0.1) is 0 Å². The van der Waals surface area contributed by atoms with Crippen molar-refractivity contribution in [3.05, 3.63) is 59.9 Å². The van der Waals surface area contributed by atoms with Crippen LogP contribution in [0.25, 0.3) is 0 Å². The van der Waals surface area contributed by atoms with Gasteiger partial charge in [0.1, 0.15) is 0 Å². The molecule has 1 aliphatic rings. The van der Waals surface area contributed by atoms with E-state index in [1.54, 1.807) is 18.5 Å². The lowest BCUT2D eigenvalue weighted by atomic mass is 10.0. The Morgan fingerprint density at radius 1 is 1.05 bits per heavy atom. The highest BCUT2D eigenvalue weighted by Gasteiger charge is 2.27. The molecule has 0 aliphatic carbocycles. The van der Waals surface area contributed by atoms with Crippen molar-refractivity contribution >= 4 is 5.91 Å². The minimum atomic E-state index is 0.0562. The fourth-order valence-electron chi connectivity index (χ4n) is 2.96. The zero-order valence-electron chi connectivity index (χ0n) is 12.0. The van der Waals surface area contributed by atoms with E-state index >= 15 is 0 Å². The van der Waals surface area contributed by atoms with Crippen LogP contribution < -0.4 is 0 Å². The van der Waals surface area contributed by atoms with E-state index in [0.717, 1.165) is 25.8 Å². The zero-order valence-corrected chi connectivity index (χ0v) is 12.0. The monoisotopic (exact) mass is 281 g/mol. The van der Waals surface area contributed by atoms with Gasteiger partial charge in [0.25, 0.3) is 5.91 Å². The third-order valence-electron chi connectivity index (χ3n) is 4.03. The molecule has 0 spiro atoms. The van der Waals surface area contributed by atoms with Gasteiger partial charge >= 0.3 is 0 Å². The largest absolute Gasteiger partial charge is 0.332 e. The van der Waals surface area contributed by atoms with E-state index in [1.807, 2.05) is 23.1 Å². The van der Waals surface area contributed by atoms with Crippen LogP contribution in [0.5, 0.6) is 0 Å². The minimum absolute atomic E-state index is 0.0562. The molecule has 21 heavy (non-hydrogen) atoms. The van der Waals surface area contributed by atoms with Crippen molar-refractivity contribution in [2.24, 2.45) is 0 Å². The Morgan fingerprint density at radius 2 is 1.90 bits per heavy atom. The van der Waals surface area contributed by atoms with Crippen molar-refractivity contribution in [3.63, 3.8) is 0 Å². The second-order valence-electron chi connectivity index (χ2n) is 5.41. The van der Waals surface area contributed by atoms with Gasteiger partial charge in [-0.1, -0.05) is 43.2 Å². The summed E-state index contributed by atoms with van der Waals surface area (Å²) in [5, 5.41) is 7.57. The number of hydrogen-bond acceptors (Lipinski definition) is 3. The number of rotatable bonds is 2. The normalized spacial score (nSPS) is 19.0. The van der Waals surface area contributed by atoms with E-state index in [9.17, 15) is 4.79 Å². The third kappa shape index (κ3) is 3.10. The molecule has 4 nitrogen and oxygen atoms in total. The van der Waals surface area contributed by atoms with Gasteiger partial charge in [0.2, 0.25) is 0 Å². The van der Waals surface area contributed by atoms with Gasteiger partial charge in [0, 0.05) is 6.54 Å². The van der Waals surface area contributed by atoms with Gasteiger partial charge in [-0.3, -0.25) is 4.79 Å². The van der Waals surface area contributed by atoms with Crippen molar-refractivity contribution in [1.82, 2.24) is 15.1 Å². The highest BCUT2D eigenvalue weighted by molar-refractivity contribution is 5.94. The lowest BCUT2D eigenvalue weighted by Gasteiger charge is -2.30. The van der Waals surface area contributed by atoms with Crippen LogP contribution in [0, 0.1) is 0 Å². The summed E-state index contributed by atoms with van der Waals surface area (Å²) in [6.45, 7) is 0.806. The molecule has 0 N–H and O–H groups in total. The SMILES string of the molecule is O=C(c1ccnnc1)N1CCCCC[C@H]1c1ccccc1. The van der Waals surface area contributed by atoms with Crippen LogP contribution in [-0.4, -0.2) is 27.5 Å². The summed E-state index contributed by atoms with van der Waals surface area (Å²) >= 11 is 0. The standard InChI is InChI=1S/C17H19N3O/c21-17(15-10-11-18-19-13-15)20-12-6-2-5-9-16(20)14-7-3-1-4-8-14/h1,3-4,7-8,10-11,13,16H,2,5-6,9,12H2/t16-/m0/s1. The van der Waals surface area contributed by atoms with Crippen molar-refractivity contribution < 1.29 is 4.79 Å². The maximum Gasteiger partial charge on any atom is 0.256 e.